The van der Waals surface area contributed by atoms with E-state index in [0.717, 1.165) is 11.3 Å². The molecule has 6 nitrogen and oxygen atoms in total. The van der Waals surface area contributed by atoms with E-state index >= 15 is 0 Å². The minimum absolute atomic E-state index is 0.223. The van der Waals surface area contributed by atoms with Crippen molar-refractivity contribution < 1.29 is 4.79 Å². The Balaban J connectivity index is 2.17. The predicted octanol–water partition coefficient (Wildman–Crippen LogP) is 1.53. The van der Waals surface area contributed by atoms with Crippen LogP contribution in [0.15, 0.2) is 22.9 Å². The molecule has 3 N–H and O–H groups in total. The molecule has 16 heavy (non-hydrogen) atoms. The van der Waals surface area contributed by atoms with Crippen molar-refractivity contribution in [3.05, 3.63) is 27.9 Å². The second-order valence-corrected chi connectivity index (χ2v) is 4.62. The van der Waals surface area contributed by atoms with Crippen LogP contribution >= 0.6 is 27.3 Å². The van der Waals surface area contributed by atoms with Crippen LogP contribution in [0.25, 0.3) is 0 Å². The molecule has 0 saturated carbocycles. The third kappa shape index (κ3) is 2.34. The fourth-order valence-electron chi connectivity index (χ4n) is 0.979. The van der Waals surface area contributed by atoms with Gasteiger partial charge in [-0.05, 0) is 22.0 Å². The van der Waals surface area contributed by atoms with Gasteiger partial charge >= 0.3 is 0 Å². The number of carbonyl (C=O) groups is 1. The van der Waals surface area contributed by atoms with Crippen molar-refractivity contribution >= 4 is 44.0 Å². The molecule has 0 bridgehead atoms. The van der Waals surface area contributed by atoms with Gasteiger partial charge in [-0.1, -0.05) is 11.3 Å². The SMILES string of the molecule is Nc1nnc(C(=O)Nc2ccncc2Br)s1. The standard InChI is InChI=1S/C8H6BrN5OS/c9-4-3-11-2-1-5(4)12-6(15)7-13-14-8(10)16-7/h1-3H,(H2,10,14)(H,11,12,15). The van der Waals surface area contributed by atoms with Crippen molar-refractivity contribution in [2.24, 2.45) is 0 Å². The zero-order chi connectivity index (χ0) is 11.5. The maximum atomic E-state index is 11.7. The smallest absolute Gasteiger partial charge is 0.286 e. The third-order valence-electron chi connectivity index (χ3n) is 1.66. The molecule has 2 heterocycles. The largest absolute Gasteiger partial charge is 0.374 e. The number of nitrogen functional groups attached to an aromatic ring is 1. The van der Waals surface area contributed by atoms with Gasteiger partial charge in [0.1, 0.15) is 0 Å². The number of hydrogen-bond acceptors (Lipinski definition) is 6. The van der Waals surface area contributed by atoms with Gasteiger partial charge in [0.05, 0.1) is 10.2 Å². The summed E-state index contributed by atoms with van der Waals surface area (Å²) in [6.07, 6.45) is 3.17. The monoisotopic (exact) mass is 299 g/mol. The van der Waals surface area contributed by atoms with Gasteiger partial charge in [0.2, 0.25) is 10.1 Å². The Labute approximate surface area is 103 Å². The highest BCUT2D eigenvalue weighted by molar-refractivity contribution is 9.10. The first-order chi connectivity index (χ1) is 7.66. The number of amides is 1. The minimum atomic E-state index is -0.346. The number of pyridine rings is 1. The fraction of sp³-hybridized carbons (Fsp3) is 0. The molecule has 0 saturated heterocycles. The number of hydrogen-bond donors (Lipinski definition) is 2. The summed E-state index contributed by atoms with van der Waals surface area (Å²) < 4.78 is 0.695. The molecule has 2 rings (SSSR count). The van der Waals surface area contributed by atoms with Crippen LogP contribution in [0.1, 0.15) is 9.80 Å². The molecule has 0 aliphatic heterocycles. The van der Waals surface area contributed by atoms with E-state index in [1.54, 1.807) is 18.5 Å². The quantitative estimate of drug-likeness (QED) is 0.877. The molecule has 0 fully saturated rings. The van der Waals surface area contributed by atoms with E-state index in [9.17, 15) is 4.79 Å². The van der Waals surface area contributed by atoms with Gasteiger partial charge in [0, 0.05) is 12.4 Å². The Bertz CT molecular complexity index is 529. The van der Waals surface area contributed by atoms with E-state index in [1.165, 1.54) is 0 Å². The molecule has 0 aliphatic rings. The maximum absolute atomic E-state index is 11.7. The number of halogens is 1. The molecule has 0 spiro atoms. The third-order valence-corrected chi connectivity index (χ3v) is 3.04. The summed E-state index contributed by atoms with van der Waals surface area (Å²) in [4.78, 5) is 15.6. The minimum Gasteiger partial charge on any atom is -0.374 e. The molecule has 0 radical (unpaired) electrons. The van der Waals surface area contributed by atoms with E-state index in [4.69, 9.17) is 5.73 Å². The molecular formula is C8H6BrN5OS. The van der Waals surface area contributed by atoms with Crippen molar-refractivity contribution in [2.45, 2.75) is 0 Å². The Hall–Kier alpha value is -1.54. The van der Waals surface area contributed by atoms with Crippen LogP contribution in [0.5, 0.6) is 0 Å². The summed E-state index contributed by atoms with van der Waals surface area (Å²) in [7, 11) is 0. The lowest BCUT2D eigenvalue weighted by atomic mass is 10.4. The number of nitrogens with zero attached hydrogens (tertiary/aromatic N) is 3. The van der Waals surface area contributed by atoms with Gasteiger partial charge in [0.25, 0.3) is 5.91 Å². The molecular weight excluding hydrogens is 294 g/mol. The van der Waals surface area contributed by atoms with E-state index < -0.39 is 0 Å². The van der Waals surface area contributed by atoms with Gasteiger partial charge in [-0.2, -0.15) is 0 Å². The van der Waals surface area contributed by atoms with E-state index in [2.05, 4.69) is 36.4 Å². The number of anilines is 2. The van der Waals surface area contributed by atoms with Crippen molar-refractivity contribution in [1.29, 1.82) is 0 Å². The zero-order valence-corrected chi connectivity index (χ0v) is 10.2. The highest BCUT2D eigenvalue weighted by atomic mass is 79.9. The van der Waals surface area contributed by atoms with Crippen molar-refractivity contribution in [1.82, 2.24) is 15.2 Å². The van der Waals surface area contributed by atoms with Gasteiger partial charge in [0.15, 0.2) is 0 Å². The average molecular weight is 300 g/mol. The molecule has 0 atom stereocenters. The summed E-state index contributed by atoms with van der Waals surface area (Å²) in [5.74, 6) is -0.346. The van der Waals surface area contributed by atoms with Crippen LogP contribution in [0.3, 0.4) is 0 Å². The number of nitrogens with two attached hydrogens (primary N) is 1. The Morgan fingerprint density at radius 2 is 2.31 bits per heavy atom. The second kappa shape index (κ2) is 4.54. The lowest BCUT2D eigenvalue weighted by Gasteiger charge is -2.03. The summed E-state index contributed by atoms with van der Waals surface area (Å²) in [6, 6.07) is 1.67. The normalized spacial score (nSPS) is 10.1. The van der Waals surface area contributed by atoms with E-state index in [1.807, 2.05) is 0 Å². The lowest BCUT2D eigenvalue weighted by molar-refractivity contribution is 0.102. The molecule has 0 aromatic carbocycles. The molecule has 0 aliphatic carbocycles. The zero-order valence-electron chi connectivity index (χ0n) is 7.85. The number of carbonyl (C=O) groups excluding carboxylic acids is 1. The van der Waals surface area contributed by atoms with Gasteiger partial charge < -0.3 is 11.1 Å². The first-order valence-electron chi connectivity index (χ1n) is 4.16. The molecule has 8 heteroatoms. The number of rotatable bonds is 2. The van der Waals surface area contributed by atoms with Crippen LogP contribution < -0.4 is 11.1 Å². The van der Waals surface area contributed by atoms with E-state index in [-0.39, 0.29) is 16.0 Å². The number of aromatic nitrogens is 3. The number of nitrogens with one attached hydrogen (secondary N) is 1. The molecule has 82 valence electrons. The first-order valence-corrected chi connectivity index (χ1v) is 5.77. The van der Waals surface area contributed by atoms with Gasteiger partial charge in [-0.3, -0.25) is 9.78 Å². The van der Waals surface area contributed by atoms with Gasteiger partial charge in [-0.25, -0.2) is 0 Å². The summed E-state index contributed by atoms with van der Waals surface area (Å²) in [5.41, 5.74) is 6.00. The molecule has 0 unspecified atom stereocenters. The summed E-state index contributed by atoms with van der Waals surface area (Å²) >= 11 is 4.30. The highest BCUT2D eigenvalue weighted by Gasteiger charge is 2.12. The second-order valence-electron chi connectivity index (χ2n) is 2.76. The van der Waals surface area contributed by atoms with Crippen molar-refractivity contribution in [3.63, 3.8) is 0 Å². The van der Waals surface area contributed by atoms with Crippen LogP contribution in [0.2, 0.25) is 0 Å². The average Bonchev–Trinajstić information content (AvgIpc) is 2.68. The van der Waals surface area contributed by atoms with Crippen LogP contribution in [-0.2, 0) is 0 Å². The van der Waals surface area contributed by atoms with Gasteiger partial charge in [-0.15, -0.1) is 10.2 Å². The topological polar surface area (TPSA) is 93.8 Å². The predicted molar refractivity (Wildman–Crippen MR) is 64.2 cm³/mol. The van der Waals surface area contributed by atoms with E-state index in [0.29, 0.717) is 10.2 Å². The Morgan fingerprint density at radius 1 is 1.50 bits per heavy atom. The summed E-state index contributed by atoms with van der Waals surface area (Å²) in [5, 5.41) is 10.4. The molecule has 1 amide bonds. The molecule has 2 aromatic heterocycles. The Kier molecular flexibility index (Phi) is 3.11. The van der Waals surface area contributed by atoms with Crippen LogP contribution in [-0.4, -0.2) is 21.1 Å². The fourth-order valence-corrected chi connectivity index (χ4v) is 1.83. The Morgan fingerprint density at radius 3 is 2.94 bits per heavy atom. The molecule has 2 aromatic rings. The summed E-state index contributed by atoms with van der Waals surface area (Å²) in [6.45, 7) is 0. The van der Waals surface area contributed by atoms with Crippen molar-refractivity contribution in [3.8, 4) is 0 Å². The van der Waals surface area contributed by atoms with Crippen LogP contribution in [0, 0.1) is 0 Å². The van der Waals surface area contributed by atoms with Crippen molar-refractivity contribution in [2.75, 3.05) is 11.1 Å². The highest BCUT2D eigenvalue weighted by Crippen LogP contribution is 2.21. The maximum Gasteiger partial charge on any atom is 0.286 e. The first kappa shape index (κ1) is 11.0. The lowest BCUT2D eigenvalue weighted by Crippen LogP contribution is -2.12. The van der Waals surface area contributed by atoms with Crippen LogP contribution in [0.4, 0.5) is 10.8 Å².